The number of rotatable bonds is 1. The fourth-order valence-electron chi connectivity index (χ4n) is 1.64. The lowest BCUT2D eigenvalue weighted by Crippen LogP contribution is -1.88. The van der Waals surface area contributed by atoms with Crippen LogP contribution in [0.3, 0.4) is 0 Å². The Morgan fingerprint density at radius 2 is 1.60 bits per heavy atom. The molecule has 0 N–H and O–H groups in total. The third-order valence-corrected chi connectivity index (χ3v) is 2.58. The zero-order chi connectivity index (χ0) is 10.8. The first-order valence-electron chi connectivity index (χ1n) is 5.17. The molecule has 0 amide bonds. The van der Waals surface area contributed by atoms with Gasteiger partial charge in [0.15, 0.2) is 0 Å². The zero-order valence-electron chi connectivity index (χ0n) is 9.41. The van der Waals surface area contributed by atoms with Crippen LogP contribution in [0.25, 0.3) is 11.3 Å². The van der Waals surface area contributed by atoms with Crippen molar-refractivity contribution in [3.05, 3.63) is 53.2 Å². The number of nitrogens with zero attached hydrogens (tertiary/aromatic N) is 1. The van der Waals surface area contributed by atoms with E-state index in [0.29, 0.717) is 0 Å². The molecule has 2 aromatic rings. The standard InChI is InChI=1S/C14H15N/c1-10-4-6-12(3)13(8-10)14-7-5-11(2)9-15-14/h4-9H,1-3H3. The van der Waals surface area contributed by atoms with Crippen molar-refractivity contribution in [3.63, 3.8) is 0 Å². The molecule has 76 valence electrons. The van der Waals surface area contributed by atoms with Crippen LogP contribution >= 0.6 is 0 Å². The summed E-state index contributed by atoms with van der Waals surface area (Å²) in [5.74, 6) is 0. The van der Waals surface area contributed by atoms with Crippen LogP contribution in [0.15, 0.2) is 36.5 Å². The summed E-state index contributed by atoms with van der Waals surface area (Å²) < 4.78 is 0. The molecule has 0 saturated heterocycles. The maximum Gasteiger partial charge on any atom is 0.0704 e. The van der Waals surface area contributed by atoms with Crippen molar-refractivity contribution in [1.82, 2.24) is 4.98 Å². The summed E-state index contributed by atoms with van der Waals surface area (Å²) >= 11 is 0. The van der Waals surface area contributed by atoms with Crippen molar-refractivity contribution in [2.45, 2.75) is 20.8 Å². The van der Waals surface area contributed by atoms with E-state index in [2.05, 4.69) is 56.1 Å². The first-order valence-corrected chi connectivity index (χ1v) is 5.17. The second-order valence-electron chi connectivity index (χ2n) is 4.04. The molecule has 0 aliphatic heterocycles. The third-order valence-electron chi connectivity index (χ3n) is 2.58. The molecule has 15 heavy (non-hydrogen) atoms. The molecule has 1 aromatic heterocycles. The molecule has 0 aliphatic carbocycles. The molecule has 1 aromatic carbocycles. The van der Waals surface area contributed by atoms with Crippen LogP contribution < -0.4 is 0 Å². The van der Waals surface area contributed by atoms with E-state index in [1.807, 2.05) is 6.20 Å². The van der Waals surface area contributed by atoms with E-state index in [9.17, 15) is 0 Å². The van der Waals surface area contributed by atoms with Crippen LogP contribution in [0.4, 0.5) is 0 Å². The van der Waals surface area contributed by atoms with Gasteiger partial charge in [-0.25, -0.2) is 0 Å². The number of aromatic nitrogens is 1. The van der Waals surface area contributed by atoms with Gasteiger partial charge in [0, 0.05) is 11.8 Å². The molecular weight excluding hydrogens is 182 g/mol. The van der Waals surface area contributed by atoms with Crippen molar-refractivity contribution in [3.8, 4) is 11.3 Å². The van der Waals surface area contributed by atoms with Gasteiger partial charge in [-0.05, 0) is 44.0 Å². The normalized spacial score (nSPS) is 10.3. The summed E-state index contributed by atoms with van der Waals surface area (Å²) in [5, 5.41) is 0. The topological polar surface area (TPSA) is 12.9 Å². The molecule has 0 aliphatic rings. The lowest BCUT2D eigenvalue weighted by atomic mass is 10.0. The van der Waals surface area contributed by atoms with Crippen molar-refractivity contribution in [2.75, 3.05) is 0 Å². The molecule has 0 saturated carbocycles. The fourth-order valence-corrected chi connectivity index (χ4v) is 1.64. The summed E-state index contributed by atoms with van der Waals surface area (Å²) in [6.07, 6.45) is 1.91. The van der Waals surface area contributed by atoms with Gasteiger partial charge < -0.3 is 0 Å². The molecule has 0 bridgehead atoms. The van der Waals surface area contributed by atoms with Crippen LogP contribution in [-0.2, 0) is 0 Å². The van der Waals surface area contributed by atoms with Crippen LogP contribution in [0, 0.1) is 20.8 Å². The number of benzene rings is 1. The summed E-state index contributed by atoms with van der Waals surface area (Å²) in [4.78, 5) is 4.45. The Morgan fingerprint density at radius 1 is 0.867 bits per heavy atom. The minimum atomic E-state index is 1.06. The Bertz CT molecular complexity index is 469. The van der Waals surface area contributed by atoms with E-state index in [4.69, 9.17) is 0 Å². The molecule has 0 unspecified atom stereocenters. The molecule has 1 heteroatoms. The Kier molecular flexibility index (Phi) is 2.55. The summed E-state index contributed by atoms with van der Waals surface area (Å²) in [6.45, 7) is 6.29. The monoisotopic (exact) mass is 197 g/mol. The zero-order valence-corrected chi connectivity index (χ0v) is 9.41. The Hall–Kier alpha value is -1.63. The molecule has 1 nitrogen and oxygen atoms in total. The van der Waals surface area contributed by atoms with Crippen LogP contribution in [0.2, 0.25) is 0 Å². The van der Waals surface area contributed by atoms with Gasteiger partial charge in [0.1, 0.15) is 0 Å². The van der Waals surface area contributed by atoms with Gasteiger partial charge in [-0.15, -0.1) is 0 Å². The third kappa shape index (κ3) is 2.07. The minimum absolute atomic E-state index is 1.06. The quantitative estimate of drug-likeness (QED) is 0.679. The number of hydrogen-bond acceptors (Lipinski definition) is 1. The fraction of sp³-hybridized carbons (Fsp3) is 0.214. The second-order valence-corrected chi connectivity index (χ2v) is 4.04. The van der Waals surface area contributed by atoms with Crippen molar-refractivity contribution in [1.29, 1.82) is 0 Å². The predicted octanol–water partition coefficient (Wildman–Crippen LogP) is 3.67. The Morgan fingerprint density at radius 3 is 2.27 bits per heavy atom. The van der Waals surface area contributed by atoms with Gasteiger partial charge in [-0.2, -0.15) is 0 Å². The molecule has 2 rings (SSSR count). The first kappa shape index (κ1) is 9.91. The van der Waals surface area contributed by atoms with Gasteiger partial charge >= 0.3 is 0 Å². The number of pyridine rings is 1. The van der Waals surface area contributed by atoms with Gasteiger partial charge in [0.05, 0.1) is 5.69 Å². The van der Waals surface area contributed by atoms with E-state index in [-0.39, 0.29) is 0 Å². The highest BCUT2D eigenvalue weighted by molar-refractivity contribution is 5.64. The molecule has 0 atom stereocenters. The molecular formula is C14H15N. The average Bonchev–Trinajstić information content (AvgIpc) is 2.23. The van der Waals surface area contributed by atoms with Gasteiger partial charge in [-0.1, -0.05) is 23.8 Å². The Labute approximate surface area is 90.8 Å². The van der Waals surface area contributed by atoms with Crippen molar-refractivity contribution >= 4 is 0 Å². The predicted molar refractivity (Wildman–Crippen MR) is 63.9 cm³/mol. The van der Waals surface area contributed by atoms with E-state index in [1.165, 1.54) is 22.3 Å². The van der Waals surface area contributed by atoms with Gasteiger partial charge in [-0.3, -0.25) is 4.98 Å². The van der Waals surface area contributed by atoms with E-state index in [1.54, 1.807) is 0 Å². The number of hydrogen-bond donors (Lipinski definition) is 0. The second kappa shape index (κ2) is 3.85. The van der Waals surface area contributed by atoms with E-state index in [0.717, 1.165) is 5.69 Å². The maximum atomic E-state index is 4.45. The summed E-state index contributed by atoms with van der Waals surface area (Å²) in [7, 11) is 0. The average molecular weight is 197 g/mol. The molecule has 1 heterocycles. The van der Waals surface area contributed by atoms with Gasteiger partial charge in [0.25, 0.3) is 0 Å². The number of aryl methyl sites for hydroxylation is 3. The summed E-state index contributed by atoms with van der Waals surface area (Å²) in [6, 6.07) is 10.6. The lowest BCUT2D eigenvalue weighted by molar-refractivity contribution is 1.25. The van der Waals surface area contributed by atoms with Gasteiger partial charge in [0.2, 0.25) is 0 Å². The summed E-state index contributed by atoms with van der Waals surface area (Å²) in [5.41, 5.74) is 6.04. The van der Waals surface area contributed by atoms with Crippen LogP contribution in [-0.4, -0.2) is 4.98 Å². The highest BCUT2D eigenvalue weighted by Crippen LogP contribution is 2.22. The van der Waals surface area contributed by atoms with Crippen LogP contribution in [0.1, 0.15) is 16.7 Å². The largest absolute Gasteiger partial charge is 0.256 e. The SMILES string of the molecule is Cc1ccc(-c2cc(C)ccc2C)nc1. The first-order chi connectivity index (χ1) is 7.16. The molecule has 0 spiro atoms. The molecule has 0 fully saturated rings. The minimum Gasteiger partial charge on any atom is -0.256 e. The maximum absolute atomic E-state index is 4.45. The highest BCUT2D eigenvalue weighted by atomic mass is 14.7. The van der Waals surface area contributed by atoms with E-state index < -0.39 is 0 Å². The smallest absolute Gasteiger partial charge is 0.0704 e. The Balaban J connectivity index is 2.53. The highest BCUT2D eigenvalue weighted by Gasteiger charge is 2.02. The van der Waals surface area contributed by atoms with E-state index >= 15 is 0 Å². The molecule has 0 radical (unpaired) electrons. The van der Waals surface area contributed by atoms with Crippen molar-refractivity contribution in [2.24, 2.45) is 0 Å². The van der Waals surface area contributed by atoms with Crippen LogP contribution in [0.5, 0.6) is 0 Å². The van der Waals surface area contributed by atoms with Crippen molar-refractivity contribution < 1.29 is 0 Å². The lowest BCUT2D eigenvalue weighted by Gasteiger charge is -2.06.